The number of rotatable bonds is 7. The standard InChI is InChI=1S/C17H19O5P/c18-23(20-14-17-12-7-13-19-17,21-15-8-3-1-4-9-15)22-16-10-5-2-6-11-16/h1-6,8-11,17H,7,12-14H2. The molecule has 5 nitrogen and oxygen atoms in total. The number of phosphoric ester groups is 1. The van der Waals surface area contributed by atoms with Gasteiger partial charge in [-0.05, 0) is 37.1 Å². The molecule has 0 aromatic heterocycles. The minimum atomic E-state index is -3.80. The van der Waals surface area contributed by atoms with Gasteiger partial charge in [-0.1, -0.05) is 36.4 Å². The molecule has 0 amide bonds. The first-order chi connectivity index (χ1) is 11.2. The van der Waals surface area contributed by atoms with E-state index in [2.05, 4.69) is 0 Å². The van der Waals surface area contributed by atoms with Crippen LogP contribution in [0.2, 0.25) is 0 Å². The number of ether oxygens (including phenoxy) is 1. The van der Waals surface area contributed by atoms with Crippen molar-refractivity contribution in [3.8, 4) is 11.5 Å². The van der Waals surface area contributed by atoms with Crippen molar-refractivity contribution in [1.29, 1.82) is 0 Å². The quantitative estimate of drug-likeness (QED) is 0.700. The van der Waals surface area contributed by atoms with Gasteiger partial charge in [0, 0.05) is 6.61 Å². The summed E-state index contributed by atoms with van der Waals surface area (Å²) in [5, 5.41) is 0. The molecule has 1 atom stereocenters. The van der Waals surface area contributed by atoms with Gasteiger partial charge in [0.2, 0.25) is 0 Å². The molecular weight excluding hydrogens is 315 g/mol. The van der Waals surface area contributed by atoms with E-state index in [4.69, 9.17) is 18.3 Å². The topological polar surface area (TPSA) is 54.0 Å². The van der Waals surface area contributed by atoms with Crippen LogP contribution in [0.4, 0.5) is 0 Å². The van der Waals surface area contributed by atoms with Crippen molar-refractivity contribution in [2.24, 2.45) is 0 Å². The SMILES string of the molecule is O=P(OCC1CCCO1)(Oc1ccccc1)Oc1ccccc1. The van der Waals surface area contributed by atoms with Crippen LogP contribution in [-0.2, 0) is 13.8 Å². The van der Waals surface area contributed by atoms with E-state index in [0.29, 0.717) is 18.1 Å². The van der Waals surface area contributed by atoms with E-state index in [0.717, 1.165) is 12.8 Å². The Balaban J connectivity index is 1.72. The van der Waals surface area contributed by atoms with Crippen LogP contribution in [0.25, 0.3) is 0 Å². The number of phosphoric acid groups is 1. The zero-order valence-electron chi connectivity index (χ0n) is 12.7. The first-order valence-electron chi connectivity index (χ1n) is 7.59. The maximum absolute atomic E-state index is 13.0. The summed E-state index contributed by atoms with van der Waals surface area (Å²) >= 11 is 0. The normalized spacial score (nSPS) is 17.8. The van der Waals surface area contributed by atoms with E-state index in [-0.39, 0.29) is 12.7 Å². The van der Waals surface area contributed by atoms with Crippen molar-refractivity contribution in [2.45, 2.75) is 18.9 Å². The molecule has 0 bridgehead atoms. The Kier molecular flexibility index (Phi) is 5.34. The van der Waals surface area contributed by atoms with Crippen LogP contribution in [0.15, 0.2) is 60.7 Å². The van der Waals surface area contributed by atoms with E-state index >= 15 is 0 Å². The second-order valence-corrected chi connectivity index (χ2v) is 6.70. The minimum Gasteiger partial charge on any atom is -0.395 e. The molecule has 6 heteroatoms. The molecule has 1 heterocycles. The predicted molar refractivity (Wildman–Crippen MR) is 86.7 cm³/mol. The Hall–Kier alpha value is -1.81. The highest BCUT2D eigenvalue weighted by atomic mass is 31.2. The predicted octanol–water partition coefficient (Wildman–Crippen LogP) is 4.45. The highest BCUT2D eigenvalue weighted by molar-refractivity contribution is 7.49. The van der Waals surface area contributed by atoms with Crippen LogP contribution >= 0.6 is 7.82 Å². The molecule has 1 fully saturated rings. The second-order valence-electron chi connectivity index (χ2n) is 5.19. The molecule has 0 saturated carbocycles. The molecule has 1 unspecified atom stereocenters. The van der Waals surface area contributed by atoms with Crippen molar-refractivity contribution >= 4 is 7.82 Å². The summed E-state index contributed by atoms with van der Waals surface area (Å²) in [6.45, 7) is 0.883. The van der Waals surface area contributed by atoms with Gasteiger partial charge in [0.1, 0.15) is 11.5 Å². The zero-order valence-corrected chi connectivity index (χ0v) is 13.6. The minimum absolute atomic E-state index is 0.0675. The van der Waals surface area contributed by atoms with Crippen LogP contribution in [0, 0.1) is 0 Å². The lowest BCUT2D eigenvalue weighted by Gasteiger charge is -2.20. The highest BCUT2D eigenvalue weighted by Gasteiger charge is 2.33. The van der Waals surface area contributed by atoms with Crippen molar-refractivity contribution in [2.75, 3.05) is 13.2 Å². The second kappa shape index (κ2) is 7.64. The molecule has 0 spiro atoms. The van der Waals surface area contributed by atoms with Crippen LogP contribution < -0.4 is 9.05 Å². The fraction of sp³-hybridized carbons (Fsp3) is 0.294. The van der Waals surface area contributed by atoms with E-state index < -0.39 is 7.82 Å². The first kappa shape index (κ1) is 16.1. The summed E-state index contributed by atoms with van der Waals surface area (Å²) in [6, 6.07) is 17.7. The summed E-state index contributed by atoms with van der Waals surface area (Å²) in [5.74, 6) is 0.859. The summed E-state index contributed by atoms with van der Waals surface area (Å²) in [7, 11) is -3.80. The lowest BCUT2D eigenvalue weighted by Crippen LogP contribution is -2.16. The zero-order chi connectivity index (χ0) is 16.0. The summed E-state index contributed by atoms with van der Waals surface area (Å²) < 4.78 is 35.0. The van der Waals surface area contributed by atoms with E-state index in [1.807, 2.05) is 12.1 Å². The highest BCUT2D eigenvalue weighted by Crippen LogP contribution is 2.49. The molecule has 2 aromatic carbocycles. The van der Waals surface area contributed by atoms with Gasteiger partial charge in [-0.3, -0.25) is 4.52 Å². The van der Waals surface area contributed by atoms with Crippen LogP contribution in [-0.4, -0.2) is 19.3 Å². The molecule has 23 heavy (non-hydrogen) atoms. The summed E-state index contributed by atoms with van der Waals surface area (Å²) in [5.41, 5.74) is 0. The molecule has 122 valence electrons. The van der Waals surface area contributed by atoms with Gasteiger partial charge in [-0.25, -0.2) is 4.57 Å². The Bertz CT molecular complexity index is 595. The maximum Gasteiger partial charge on any atom is 0.587 e. The monoisotopic (exact) mass is 334 g/mol. The van der Waals surface area contributed by atoms with Gasteiger partial charge in [-0.15, -0.1) is 0 Å². The molecule has 0 radical (unpaired) electrons. The Labute approximate surface area is 135 Å². The maximum atomic E-state index is 13.0. The number of benzene rings is 2. The van der Waals surface area contributed by atoms with E-state index in [9.17, 15) is 4.57 Å². The van der Waals surface area contributed by atoms with Gasteiger partial charge in [-0.2, -0.15) is 0 Å². The largest absolute Gasteiger partial charge is 0.587 e. The molecule has 1 aliphatic heterocycles. The van der Waals surface area contributed by atoms with Crippen molar-refractivity contribution in [3.63, 3.8) is 0 Å². The van der Waals surface area contributed by atoms with E-state index in [1.54, 1.807) is 48.5 Å². The smallest absolute Gasteiger partial charge is 0.395 e. The molecule has 0 N–H and O–H groups in total. The van der Waals surface area contributed by atoms with Gasteiger partial charge >= 0.3 is 7.82 Å². The first-order valence-corrected chi connectivity index (χ1v) is 9.05. The number of para-hydroxylation sites is 2. The molecule has 0 aliphatic carbocycles. The average molecular weight is 334 g/mol. The molecule has 2 aromatic rings. The fourth-order valence-electron chi connectivity index (χ4n) is 2.24. The molecule has 1 saturated heterocycles. The van der Waals surface area contributed by atoms with Crippen molar-refractivity contribution < 1.29 is 22.9 Å². The van der Waals surface area contributed by atoms with Crippen LogP contribution in [0.1, 0.15) is 12.8 Å². The number of hydrogen-bond donors (Lipinski definition) is 0. The Morgan fingerprint density at radius 2 is 1.52 bits per heavy atom. The molecule has 3 rings (SSSR count). The molecular formula is C17H19O5P. The summed E-state index contributed by atoms with van der Waals surface area (Å²) in [4.78, 5) is 0. The van der Waals surface area contributed by atoms with E-state index in [1.165, 1.54) is 0 Å². The number of hydrogen-bond acceptors (Lipinski definition) is 5. The average Bonchev–Trinajstić information content (AvgIpc) is 3.08. The third-order valence-corrected chi connectivity index (χ3v) is 4.70. The van der Waals surface area contributed by atoms with Crippen LogP contribution in [0.3, 0.4) is 0 Å². The Morgan fingerprint density at radius 1 is 0.957 bits per heavy atom. The fourth-order valence-corrected chi connectivity index (χ4v) is 3.49. The van der Waals surface area contributed by atoms with Gasteiger partial charge in [0.25, 0.3) is 0 Å². The van der Waals surface area contributed by atoms with Crippen molar-refractivity contribution in [1.82, 2.24) is 0 Å². The third-order valence-electron chi connectivity index (χ3n) is 3.36. The van der Waals surface area contributed by atoms with Gasteiger partial charge in [0.15, 0.2) is 0 Å². The van der Waals surface area contributed by atoms with Crippen LogP contribution in [0.5, 0.6) is 11.5 Å². The lowest BCUT2D eigenvalue weighted by molar-refractivity contribution is 0.0572. The van der Waals surface area contributed by atoms with Gasteiger partial charge in [0.05, 0.1) is 12.7 Å². The van der Waals surface area contributed by atoms with Gasteiger partial charge < -0.3 is 13.8 Å². The lowest BCUT2D eigenvalue weighted by atomic mass is 10.2. The Morgan fingerprint density at radius 3 is 2.00 bits per heavy atom. The molecule has 1 aliphatic rings. The summed E-state index contributed by atoms with van der Waals surface area (Å²) in [6.07, 6.45) is 1.80. The van der Waals surface area contributed by atoms with Crippen molar-refractivity contribution in [3.05, 3.63) is 60.7 Å². The third kappa shape index (κ3) is 4.83.